The number of aromatic nitrogens is 1. The molecule has 0 bridgehead atoms. The van der Waals surface area contributed by atoms with E-state index in [2.05, 4.69) is 11.1 Å². The standard InChI is InChI=1S/C25H26FN3O2/c1-28(2)24-16-19(11-12-27-24)23-10-5-13-29(23)25(30)20-7-4-9-22(15-20)31-17-18-6-3-8-21(26)14-18/h3-4,6-9,11-12,14-16,23H,5,10,13,17H2,1-2H3/t23-/m0/s1. The summed E-state index contributed by atoms with van der Waals surface area (Å²) in [5.41, 5.74) is 2.43. The van der Waals surface area contributed by atoms with Gasteiger partial charge in [0.2, 0.25) is 0 Å². The SMILES string of the molecule is CN(C)c1cc([C@@H]2CCCN2C(=O)c2cccc(OCc3cccc(F)c3)c2)ccn1. The predicted molar refractivity (Wildman–Crippen MR) is 119 cm³/mol. The third-order valence-corrected chi connectivity index (χ3v) is 5.50. The molecule has 0 radical (unpaired) electrons. The third-order valence-electron chi connectivity index (χ3n) is 5.50. The van der Waals surface area contributed by atoms with Crippen LogP contribution in [0.25, 0.3) is 0 Å². The highest BCUT2D eigenvalue weighted by molar-refractivity contribution is 5.95. The Hall–Kier alpha value is -3.41. The van der Waals surface area contributed by atoms with Crippen LogP contribution < -0.4 is 9.64 Å². The van der Waals surface area contributed by atoms with Crippen molar-refractivity contribution in [3.05, 3.63) is 89.4 Å². The van der Waals surface area contributed by atoms with Crippen LogP contribution in [-0.4, -0.2) is 36.4 Å². The first-order valence-electron chi connectivity index (χ1n) is 10.4. The summed E-state index contributed by atoms with van der Waals surface area (Å²) >= 11 is 0. The fourth-order valence-corrected chi connectivity index (χ4v) is 3.92. The number of halogens is 1. The van der Waals surface area contributed by atoms with Crippen molar-refractivity contribution < 1.29 is 13.9 Å². The molecule has 1 atom stereocenters. The molecule has 0 spiro atoms. The van der Waals surface area contributed by atoms with Crippen molar-refractivity contribution in [1.29, 1.82) is 0 Å². The van der Waals surface area contributed by atoms with Gasteiger partial charge in [0, 0.05) is 32.4 Å². The fraction of sp³-hybridized carbons (Fsp3) is 0.280. The Morgan fingerprint density at radius 1 is 1.16 bits per heavy atom. The molecular weight excluding hydrogens is 393 g/mol. The minimum atomic E-state index is -0.293. The van der Waals surface area contributed by atoms with Gasteiger partial charge in [-0.15, -0.1) is 0 Å². The van der Waals surface area contributed by atoms with Crippen LogP contribution in [0.2, 0.25) is 0 Å². The molecule has 1 aliphatic heterocycles. The highest BCUT2D eigenvalue weighted by atomic mass is 19.1. The van der Waals surface area contributed by atoms with Gasteiger partial charge in [-0.2, -0.15) is 0 Å². The number of benzene rings is 2. The molecule has 2 heterocycles. The molecule has 4 rings (SSSR count). The van der Waals surface area contributed by atoms with Crippen molar-refractivity contribution in [2.45, 2.75) is 25.5 Å². The monoisotopic (exact) mass is 419 g/mol. The lowest BCUT2D eigenvalue weighted by molar-refractivity contribution is 0.0735. The first-order chi connectivity index (χ1) is 15.0. The largest absolute Gasteiger partial charge is 0.489 e. The van der Waals surface area contributed by atoms with E-state index in [0.717, 1.165) is 36.3 Å². The van der Waals surface area contributed by atoms with E-state index >= 15 is 0 Å². The maximum atomic E-state index is 13.4. The smallest absolute Gasteiger partial charge is 0.254 e. The van der Waals surface area contributed by atoms with Gasteiger partial charge in [-0.3, -0.25) is 4.79 Å². The zero-order chi connectivity index (χ0) is 21.8. The molecule has 0 saturated carbocycles. The summed E-state index contributed by atoms with van der Waals surface area (Å²) in [6.45, 7) is 0.962. The van der Waals surface area contributed by atoms with Gasteiger partial charge in [-0.05, 0) is 66.4 Å². The van der Waals surface area contributed by atoms with Crippen LogP contribution in [0.4, 0.5) is 10.2 Å². The van der Waals surface area contributed by atoms with Crippen molar-refractivity contribution in [1.82, 2.24) is 9.88 Å². The van der Waals surface area contributed by atoms with Gasteiger partial charge in [0.05, 0.1) is 6.04 Å². The van der Waals surface area contributed by atoms with Gasteiger partial charge < -0.3 is 14.5 Å². The molecule has 3 aromatic rings. The molecular formula is C25H26FN3O2. The lowest BCUT2D eigenvalue weighted by Gasteiger charge is -2.26. The normalized spacial score (nSPS) is 15.7. The van der Waals surface area contributed by atoms with Crippen molar-refractivity contribution in [2.75, 3.05) is 25.5 Å². The maximum Gasteiger partial charge on any atom is 0.254 e. The number of ether oxygens (including phenoxy) is 1. The molecule has 1 aromatic heterocycles. The average molecular weight is 420 g/mol. The lowest BCUT2D eigenvalue weighted by Crippen LogP contribution is -2.30. The Kier molecular flexibility index (Phi) is 6.16. The van der Waals surface area contributed by atoms with E-state index in [9.17, 15) is 9.18 Å². The topological polar surface area (TPSA) is 45.7 Å². The summed E-state index contributed by atoms with van der Waals surface area (Å²) in [6, 6.07) is 17.6. The molecule has 6 heteroatoms. The Labute approximate surface area is 182 Å². The van der Waals surface area contributed by atoms with E-state index in [4.69, 9.17) is 4.74 Å². The molecule has 0 aliphatic carbocycles. The minimum absolute atomic E-state index is 0.0121. The van der Waals surface area contributed by atoms with Gasteiger partial charge in [-0.1, -0.05) is 18.2 Å². The van der Waals surface area contributed by atoms with Crippen LogP contribution in [0, 0.1) is 5.82 Å². The average Bonchev–Trinajstić information content (AvgIpc) is 3.27. The molecule has 5 nitrogen and oxygen atoms in total. The maximum absolute atomic E-state index is 13.4. The van der Waals surface area contributed by atoms with Gasteiger partial charge in [0.1, 0.15) is 24.0 Å². The summed E-state index contributed by atoms with van der Waals surface area (Å²) in [5, 5.41) is 0. The van der Waals surface area contributed by atoms with E-state index in [1.807, 2.05) is 54.2 Å². The highest BCUT2D eigenvalue weighted by Crippen LogP contribution is 2.34. The van der Waals surface area contributed by atoms with Crippen LogP contribution >= 0.6 is 0 Å². The molecule has 1 aliphatic rings. The van der Waals surface area contributed by atoms with Crippen LogP contribution in [0.5, 0.6) is 5.75 Å². The van der Waals surface area contributed by atoms with E-state index < -0.39 is 0 Å². The Morgan fingerprint density at radius 2 is 2.00 bits per heavy atom. The molecule has 160 valence electrons. The number of hydrogen-bond donors (Lipinski definition) is 0. The fourth-order valence-electron chi connectivity index (χ4n) is 3.92. The van der Waals surface area contributed by atoms with Crippen molar-refractivity contribution >= 4 is 11.7 Å². The Balaban J connectivity index is 1.49. The van der Waals surface area contributed by atoms with Gasteiger partial charge >= 0.3 is 0 Å². The second-order valence-corrected chi connectivity index (χ2v) is 7.94. The van der Waals surface area contributed by atoms with Gasteiger partial charge in [-0.25, -0.2) is 9.37 Å². The van der Waals surface area contributed by atoms with Crippen LogP contribution in [-0.2, 0) is 6.61 Å². The first-order valence-corrected chi connectivity index (χ1v) is 10.4. The van der Waals surface area contributed by atoms with Crippen molar-refractivity contribution in [3.8, 4) is 5.75 Å². The van der Waals surface area contributed by atoms with Crippen LogP contribution in [0.1, 0.15) is 40.4 Å². The summed E-state index contributed by atoms with van der Waals surface area (Å²) in [7, 11) is 3.91. The number of anilines is 1. The second-order valence-electron chi connectivity index (χ2n) is 7.94. The molecule has 1 fully saturated rings. The molecule has 0 N–H and O–H groups in total. The number of carbonyl (C=O) groups is 1. The molecule has 31 heavy (non-hydrogen) atoms. The molecule has 0 unspecified atom stereocenters. The number of nitrogens with zero attached hydrogens (tertiary/aromatic N) is 3. The minimum Gasteiger partial charge on any atom is -0.489 e. The van der Waals surface area contributed by atoms with E-state index in [1.54, 1.807) is 18.3 Å². The summed E-state index contributed by atoms with van der Waals surface area (Å²) in [6.07, 6.45) is 3.69. The number of rotatable bonds is 6. The number of pyridine rings is 1. The zero-order valence-electron chi connectivity index (χ0n) is 17.8. The molecule has 1 saturated heterocycles. The van der Waals surface area contributed by atoms with Crippen LogP contribution in [0.15, 0.2) is 66.9 Å². The number of likely N-dealkylation sites (tertiary alicyclic amines) is 1. The van der Waals surface area contributed by atoms with E-state index in [0.29, 0.717) is 11.3 Å². The summed E-state index contributed by atoms with van der Waals surface area (Å²) < 4.78 is 19.2. The summed E-state index contributed by atoms with van der Waals surface area (Å²) in [4.78, 5) is 21.6. The zero-order valence-corrected chi connectivity index (χ0v) is 17.8. The molecule has 1 amide bonds. The number of hydrogen-bond acceptors (Lipinski definition) is 4. The summed E-state index contributed by atoms with van der Waals surface area (Å²) in [5.74, 6) is 1.16. The molecule has 2 aromatic carbocycles. The van der Waals surface area contributed by atoms with E-state index in [-0.39, 0.29) is 24.4 Å². The first kappa shape index (κ1) is 20.8. The van der Waals surface area contributed by atoms with Gasteiger partial charge in [0.25, 0.3) is 5.91 Å². The third kappa shape index (κ3) is 4.85. The Morgan fingerprint density at radius 3 is 2.81 bits per heavy atom. The number of carbonyl (C=O) groups excluding carboxylic acids is 1. The second kappa shape index (κ2) is 9.16. The lowest BCUT2D eigenvalue weighted by atomic mass is 10.0. The predicted octanol–water partition coefficient (Wildman–Crippen LogP) is 4.84. The van der Waals surface area contributed by atoms with Gasteiger partial charge in [0.15, 0.2) is 0 Å². The van der Waals surface area contributed by atoms with Crippen LogP contribution in [0.3, 0.4) is 0 Å². The number of amides is 1. The van der Waals surface area contributed by atoms with Crippen molar-refractivity contribution in [3.63, 3.8) is 0 Å². The van der Waals surface area contributed by atoms with Crippen molar-refractivity contribution in [2.24, 2.45) is 0 Å². The highest BCUT2D eigenvalue weighted by Gasteiger charge is 2.31. The van der Waals surface area contributed by atoms with E-state index in [1.165, 1.54) is 12.1 Å². The quantitative estimate of drug-likeness (QED) is 0.573. The Bertz CT molecular complexity index is 1070.